The fraction of sp³-hybridized carbons (Fsp3) is 0.867. The molecule has 4 rings (SSSR count). The quantitative estimate of drug-likeness (QED) is 0.801. The predicted molar refractivity (Wildman–Crippen MR) is 70.5 cm³/mol. The maximum atomic E-state index is 12.0. The lowest BCUT2D eigenvalue weighted by atomic mass is 9.53. The Balaban J connectivity index is 1.54. The molecule has 1 amide bonds. The number of hydrogen-bond acceptors (Lipinski definition) is 2. The van der Waals surface area contributed by atoms with Gasteiger partial charge in [0.1, 0.15) is 0 Å². The third-order valence-electron chi connectivity index (χ3n) is 5.24. The minimum Gasteiger partial charge on any atom is -0.481 e. The molecule has 0 unspecified atom stereocenters. The van der Waals surface area contributed by atoms with Gasteiger partial charge in [0.15, 0.2) is 0 Å². The van der Waals surface area contributed by atoms with Crippen LogP contribution < -0.4 is 5.32 Å². The molecule has 4 heteroatoms. The molecule has 0 heterocycles. The molecule has 4 fully saturated rings. The van der Waals surface area contributed by atoms with E-state index in [0.717, 1.165) is 37.0 Å². The molecule has 0 spiro atoms. The number of aliphatic carboxylic acids is 1. The zero-order valence-corrected chi connectivity index (χ0v) is 11.4. The van der Waals surface area contributed by atoms with Gasteiger partial charge in [-0.25, -0.2) is 0 Å². The van der Waals surface area contributed by atoms with Crippen molar-refractivity contribution in [2.75, 3.05) is 0 Å². The molecule has 4 aliphatic rings. The molecule has 0 radical (unpaired) electrons. The lowest BCUT2D eigenvalue weighted by Crippen LogP contribution is -2.59. The van der Waals surface area contributed by atoms with Crippen molar-refractivity contribution in [1.82, 2.24) is 5.32 Å². The average molecular weight is 265 g/mol. The van der Waals surface area contributed by atoms with E-state index in [1.165, 1.54) is 19.3 Å². The summed E-state index contributed by atoms with van der Waals surface area (Å²) in [7, 11) is 0. The highest BCUT2D eigenvalue weighted by Gasteiger charge is 2.51. The number of carboxylic acid groups (broad SMARTS) is 1. The molecule has 0 aromatic carbocycles. The molecule has 0 aromatic rings. The predicted octanol–water partition coefficient (Wildman–Crippen LogP) is 2.33. The van der Waals surface area contributed by atoms with E-state index in [0.29, 0.717) is 12.8 Å². The largest absolute Gasteiger partial charge is 0.481 e. The van der Waals surface area contributed by atoms with E-state index in [-0.39, 0.29) is 17.9 Å². The van der Waals surface area contributed by atoms with Gasteiger partial charge in [-0.1, -0.05) is 0 Å². The minimum absolute atomic E-state index is 0.0585. The number of carbonyl (C=O) groups excluding carboxylic acids is 1. The second-order valence-electron chi connectivity index (χ2n) is 6.99. The van der Waals surface area contributed by atoms with Crippen molar-refractivity contribution in [1.29, 1.82) is 0 Å². The first kappa shape index (κ1) is 12.9. The van der Waals surface area contributed by atoms with Crippen LogP contribution >= 0.6 is 0 Å². The zero-order chi connectivity index (χ0) is 13.5. The van der Waals surface area contributed by atoms with E-state index in [9.17, 15) is 9.59 Å². The Morgan fingerprint density at radius 1 is 1.00 bits per heavy atom. The number of rotatable bonds is 5. The molecular weight excluding hydrogens is 242 g/mol. The molecule has 4 nitrogen and oxygen atoms in total. The Hall–Kier alpha value is -1.06. The highest BCUT2D eigenvalue weighted by Crippen LogP contribution is 2.55. The van der Waals surface area contributed by atoms with Crippen molar-refractivity contribution in [3.8, 4) is 0 Å². The van der Waals surface area contributed by atoms with Gasteiger partial charge >= 0.3 is 5.97 Å². The van der Waals surface area contributed by atoms with Crippen LogP contribution in [0.3, 0.4) is 0 Å². The van der Waals surface area contributed by atoms with Gasteiger partial charge in [0.2, 0.25) is 5.91 Å². The molecule has 19 heavy (non-hydrogen) atoms. The van der Waals surface area contributed by atoms with E-state index in [4.69, 9.17) is 5.11 Å². The second kappa shape index (κ2) is 4.80. The lowest BCUT2D eigenvalue weighted by Gasteiger charge is -2.56. The molecule has 4 aliphatic carbocycles. The third-order valence-corrected chi connectivity index (χ3v) is 5.24. The van der Waals surface area contributed by atoms with Crippen LogP contribution in [0.4, 0.5) is 0 Å². The van der Waals surface area contributed by atoms with Crippen LogP contribution in [0.15, 0.2) is 0 Å². The fourth-order valence-corrected chi connectivity index (χ4v) is 5.02. The van der Waals surface area contributed by atoms with Crippen molar-refractivity contribution < 1.29 is 14.7 Å². The van der Waals surface area contributed by atoms with Crippen molar-refractivity contribution in [2.24, 2.45) is 17.8 Å². The second-order valence-corrected chi connectivity index (χ2v) is 6.99. The minimum atomic E-state index is -0.817. The number of hydrogen-bond donors (Lipinski definition) is 2. The van der Waals surface area contributed by atoms with Gasteiger partial charge in [-0.2, -0.15) is 0 Å². The summed E-state index contributed by atoms with van der Waals surface area (Å²) in [5.74, 6) is 1.72. The van der Waals surface area contributed by atoms with Gasteiger partial charge in [-0.3, -0.25) is 9.59 Å². The van der Waals surface area contributed by atoms with Crippen LogP contribution in [0.25, 0.3) is 0 Å². The summed E-state index contributed by atoms with van der Waals surface area (Å²) in [6.45, 7) is 0. The van der Waals surface area contributed by atoms with Crippen LogP contribution in [0.2, 0.25) is 0 Å². The maximum absolute atomic E-state index is 12.0. The SMILES string of the molecule is O=C(O)CCCC(=O)NC12CC3CC(CC(C3)C1)C2. The number of amides is 1. The van der Waals surface area contributed by atoms with Gasteiger partial charge < -0.3 is 10.4 Å². The molecule has 2 N–H and O–H groups in total. The molecule has 0 aromatic heterocycles. The first-order valence-electron chi connectivity index (χ1n) is 7.57. The van der Waals surface area contributed by atoms with Crippen molar-refractivity contribution >= 4 is 11.9 Å². The topological polar surface area (TPSA) is 66.4 Å². The van der Waals surface area contributed by atoms with Gasteiger partial charge in [-0.05, 0) is 62.7 Å². The Kier molecular flexibility index (Phi) is 3.27. The monoisotopic (exact) mass is 265 g/mol. The van der Waals surface area contributed by atoms with Crippen LogP contribution in [-0.4, -0.2) is 22.5 Å². The summed E-state index contributed by atoms with van der Waals surface area (Å²) in [4.78, 5) is 22.5. The number of carboxylic acids is 1. The molecular formula is C15H23NO3. The molecule has 106 valence electrons. The summed E-state index contributed by atoms with van der Waals surface area (Å²) in [5.41, 5.74) is 0.0645. The van der Waals surface area contributed by atoms with Gasteiger partial charge in [0, 0.05) is 18.4 Å². The Labute approximate surface area is 113 Å². The summed E-state index contributed by atoms with van der Waals surface area (Å²) < 4.78 is 0. The first-order chi connectivity index (χ1) is 9.05. The zero-order valence-electron chi connectivity index (χ0n) is 11.4. The van der Waals surface area contributed by atoms with Crippen LogP contribution in [-0.2, 0) is 9.59 Å². The van der Waals surface area contributed by atoms with Gasteiger partial charge in [0.05, 0.1) is 0 Å². The Bertz CT molecular complexity index is 356. The Morgan fingerprint density at radius 3 is 2.00 bits per heavy atom. The summed E-state index contributed by atoms with van der Waals surface area (Å²) in [6.07, 6.45) is 8.48. The molecule has 4 bridgehead atoms. The van der Waals surface area contributed by atoms with E-state index in [1.807, 2.05) is 0 Å². The van der Waals surface area contributed by atoms with E-state index < -0.39 is 5.97 Å². The highest BCUT2D eigenvalue weighted by atomic mass is 16.4. The molecule has 0 atom stereocenters. The van der Waals surface area contributed by atoms with E-state index in [2.05, 4.69) is 5.32 Å². The van der Waals surface area contributed by atoms with Crippen LogP contribution in [0.5, 0.6) is 0 Å². The normalized spacial score (nSPS) is 39.3. The summed E-state index contributed by atoms with van der Waals surface area (Å²) in [5, 5.41) is 11.9. The van der Waals surface area contributed by atoms with Crippen molar-refractivity contribution in [2.45, 2.75) is 63.3 Å². The maximum Gasteiger partial charge on any atom is 0.303 e. The number of carbonyl (C=O) groups is 2. The standard InChI is InChI=1S/C15H23NO3/c17-13(2-1-3-14(18)19)16-15-7-10-4-11(8-15)6-12(5-10)9-15/h10-12H,1-9H2,(H,16,17)(H,18,19). The van der Waals surface area contributed by atoms with Crippen LogP contribution in [0, 0.1) is 17.8 Å². The van der Waals surface area contributed by atoms with Gasteiger partial charge in [0.25, 0.3) is 0 Å². The summed E-state index contributed by atoms with van der Waals surface area (Å²) >= 11 is 0. The van der Waals surface area contributed by atoms with Crippen molar-refractivity contribution in [3.63, 3.8) is 0 Å². The van der Waals surface area contributed by atoms with Crippen molar-refractivity contribution in [3.05, 3.63) is 0 Å². The van der Waals surface area contributed by atoms with E-state index in [1.54, 1.807) is 0 Å². The average Bonchev–Trinajstić information content (AvgIpc) is 2.25. The van der Waals surface area contributed by atoms with E-state index >= 15 is 0 Å². The fourth-order valence-electron chi connectivity index (χ4n) is 5.02. The molecule has 0 saturated heterocycles. The van der Waals surface area contributed by atoms with Crippen LogP contribution in [0.1, 0.15) is 57.8 Å². The Morgan fingerprint density at radius 2 is 1.53 bits per heavy atom. The summed E-state index contributed by atoms with van der Waals surface area (Å²) in [6, 6.07) is 0. The van der Waals surface area contributed by atoms with Gasteiger partial charge in [-0.15, -0.1) is 0 Å². The third kappa shape index (κ3) is 2.77. The highest BCUT2D eigenvalue weighted by molar-refractivity contribution is 5.77. The smallest absolute Gasteiger partial charge is 0.303 e. The number of nitrogens with one attached hydrogen (secondary N) is 1. The lowest BCUT2D eigenvalue weighted by molar-refractivity contribution is -0.137. The molecule has 4 saturated carbocycles. The molecule has 0 aliphatic heterocycles. The first-order valence-corrected chi connectivity index (χ1v) is 7.57.